The average molecular weight is 211 g/mol. The molecule has 0 radical (unpaired) electrons. The normalized spacial score (nSPS) is 14.6. The topological polar surface area (TPSA) is 60.2 Å². The van der Waals surface area contributed by atoms with E-state index in [1.807, 2.05) is 6.92 Å². The van der Waals surface area contributed by atoms with Crippen LogP contribution in [-0.2, 0) is 9.84 Å². The van der Waals surface area contributed by atoms with Gasteiger partial charge in [-0.3, -0.25) is 0 Å². The van der Waals surface area contributed by atoms with Crippen molar-refractivity contribution in [1.82, 2.24) is 0 Å². The summed E-state index contributed by atoms with van der Waals surface area (Å²) in [5.41, 5.74) is 5.52. The Morgan fingerprint density at radius 1 is 1.50 bits per heavy atom. The molecular weight excluding hydrogens is 194 g/mol. The van der Waals surface area contributed by atoms with Crippen molar-refractivity contribution in [2.45, 2.75) is 19.4 Å². The lowest BCUT2D eigenvalue weighted by atomic mass is 10.4. The molecule has 0 heterocycles. The Kier molecular flexibility index (Phi) is 5.96. The number of thioether (sulfide) groups is 1. The van der Waals surface area contributed by atoms with Gasteiger partial charge in [0.05, 0.1) is 5.75 Å². The van der Waals surface area contributed by atoms with Crippen LogP contribution in [0.3, 0.4) is 0 Å². The van der Waals surface area contributed by atoms with E-state index in [4.69, 9.17) is 5.73 Å². The van der Waals surface area contributed by atoms with Gasteiger partial charge >= 0.3 is 0 Å². The molecule has 0 aromatic rings. The number of hydrogen-bond acceptors (Lipinski definition) is 4. The van der Waals surface area contributed by atoms with Gasteiger partial charge in [0.15, 0.2) is 0 Å². The minimum absolute atomic E-state index is 0.202. The number of hydrogen-bond donors (Lipinski definition) is 1. The van der Waals surface area contributed by atoms with Gasteiger partial charge in [-0.15, -0.1) is 0 Å². The molecule has 0 amide bonds. The molecule has 74 valence electrons. The largest absolute Gasteiger partial charge is 0.327 e. The van der Waals surface area contributed by atoms with Crippen LogP contribution < -0.4 is 5.73 Å². The molecule has 1 atom stereocenters. The summed E-state index contributed by atoms with van der Waals surface area (Å²) < 4.78 is 21.4. The Labute approximate surface area is 79.0 Å². The van der Waals surface area contributed by atoms with Crippen LogP contribution in [0.15, 0.2) is 0 Å². The van der Waals surface area contributed by atoms with E-state index in [0.29, 0.717) is 5.75 Å². The molecule has 0 fully saturated rings. The smallest absolute Gasteiger partial charge is 0.147 e. The lowest BCUT2D eigenvalue weighted by Crippen LogP contribution is -2.17. The molecule has 0 aliphatic heterocycles. The minimum Gasteiger partial charge on any atom is -0.327 e. The van der Waals surface area contributed by atoms with Crippen molar-refractivity contribution in [2.24, 2.45) is 5.73 Å². The molecule has 2 N–H and O–H groups in total. The third-order valence-corrected chi connectivity index (χ3v) is 3.55. The van der Waals surface area contributed by atoms with Gasteiger partial charge in [-0.2, -0.15) is 11.8 Å². The van der Waals surface area contributed by atoms with E-state index in [1.54, 1.807) is 11.8 Å². The van der Waals surface area contributed by atoms with Gasteiger partial charge in [-0.25, -0.2) is 8.42 Å². The molecule has 0 aromatic heterocycles. The average Bonchev–Trinajstić information content (AvgIpc) is 1.83. The Balaban J connectivity index is 3.23. The molecule has 0 saturated heterocycles. The summed E-state index contributed by atoms with van der Waals surface area (Å²) in [5.74, 6) is 2.08. The molecule has 0 aliphatic rings. The van der Waals surface area contributed by atoms with Crippen LogP contribution in [0.25, 0.3) is 0 Å². The highest BCUT2D eigenvalue weighted by Crippen LogP contribution is 2.04. The van der Waals surface area contributed by atoms with Crippen molar-refractivity contribution in [3.63, 3.8) is 0 Å². The molecule has 0 bridgehead atoms. The van der Waals surface area contributed by atoms with Crippen molar-refractivity contribution >= 4 is 21.6 Å². The fraction of sp³-hybridized carbons (Fsp3) is 1.00. The molecule has 0 rings (SSSR count). The van der Waals surface area contributed by atoms with Gasteiger partial charge in [0.25, 0.3) is 0 Å². The minimum atomic E-state index is -2.77. The van der Waals surface area contributed by atoms with Gasteiger partial charge in [0.1, 0.15) is 9.84 Å². The highest BCUT2D eigenvalue weighted by Gasteiger charge is 2.01. The maximum atomic E-state index is 10.7. The Bertz CT molecular complexity index is 199. The molecule has 3 nitrogen and oxygen atoms in total. The summed E-state index contributed by atoms with van der Waals surface area (Å²) in [6.45, 7) is 1.95. The Morgan fingerprint density at radius 3 is 2.50 bits per heavy atom. The summed E-state index contributed by atoms with van der Waals surface area (Å²) in [6, 6.07) is 0.202. The van der Waals surface area contributed by atoms with Gasteiger partial charge < -0.3 is 5.73 Å². The first kappa shape index (κ1) is 12.3. The second kappa shape index (κ2) is 5.83. The van der Waals surface area contributed by atoms with E-state index < -0.39 is 9.84 Å². The lowest BCUT2D eigenvalue weighted by Gasteiger charge is -2.03. The Morgan fingerprint density at radius 2 is 2.08 bits per heavy atom. The van der Waals surface area contributed by atoms with E-state index in [9.17, 15) is 8.42 Å². The molecule has 1 unspecified atom stereocenters. The first-order valence-corrected chi connectivity index (χ1v) is 7.14. The lowest BCUT2D eigenvalue weighted by molar-refractivity contribution is 0.600. The summed E-state index contributed by atoms with van der Waals surface area (Å²) >= 11 is 1.71. The molecule has 12 heavy (non-hydrogen) atoms. The van der Waals surface area contributed by atoms with Gasteiger partial charge in [0.2, 0.25) is 0 Å². The van der Waals surface area contributed by atoms with Gasteiger partial charge in [-0.1, -0.05) is 0 Å². The number of nitrogens with two attached hydrogens (primary N) is 1. The van der Waals surface area contributed by atoms with Crippen LogP contribution in [0.1, 0.15) is 13.3 Å². The zero-order valence-corrected chi connectivity index (χ0v) is 9.25. The van der Waals surface area contributed by atoms with Crippen LogP contribution in [0.5, 0.6) is 0 Å². The molecule has 5 heteroatoms. The zero-order chi connectivity index (χ0) is 9.61. The quantitative estimate of drug-likeness (QED) is 0.650. The van der Waals surface area contributed by atoms with Crippen LogP contribution in [-0.4, -0.2) is 38.0 Å². The van der Waals surface area contributed by atoms with Crippen molar-refractivity contribution in [1.29, 1.82) is 0 Å². The first-order valence-electron chi connectivity index (χ1n) is 3.93. The van der Waals surface area contributed by atoms with Crippen LogP contribution in [0, 0.1) is 0 Å². The molecule has 0 aliphatic carbocycles. The maximum absolute atomic E-state index is 10.7. The summed E-state index contributed by atoms with van der Waals surface area (Å²) in [6.07, 6.45) is 2.00. The van der Waals surface area contributed by atoms with E-state index in [1.165, 1.54) is 6.26 Å². The summed E-state index contributed by atoms with van der Waals surface area (Å²) in [4.78, 5) is 0. The molecule has 0 aromatic carbocycles. The zero-order valence-electron chi connectivity index (χ0n) is 7.62. The van der Waals surface area contributed by atoms with E-state index in [0.717, 1.165) is 17.9 Å². The molecule has 0 spiro atoms. The van der Waals surface area contributed by atoms with Crippen molar-refractivity contribution in [3.05, 3.63) is 0 Å². The fourth-order valence-electron chi connectivity index (χ4n) is 0.692. The molecule has 0 saturated carbocycles. The molecular formula is C7H17NO2S2. The third kappa shape index (κ3) is 10.3. The summed E-state index contributed by atoms with van der Waals surface area (Å²) in [7, 11) is -2.77. The van der Waals surface area contributed by atoms with Crippen LogP contribution in [0.2, 0.25) is 0 Å². The number of rotatable bonds is 6. The second-order valence-corrected chi connectivity index (χ2v) is 6.45. The van der Waals surface area contributed by atoms with Crippen molar-refractivity contribution in [2.75, 3.05) is 23.5 Å². The van der Waals surface area contributed by atoms with Crippen LogP contribution in [0.4, 0.5) is 0 Å². The predicted molar refractivity (Wildman–Crippen MR) is 55.3 cm³/mol. The monoisotopic (exact) mass is 211 g/mol. The number of sulfone groups is 1. The Hall–Kier alpha value is 0.260. The second-order valence-electron chi connectivity index (χ2n) is 3.04. The van der Waals surface area contributed by atoms with Gasteiger partial charge in [-0.05, 0) is 19.1 Å². The third-order valence-electron chi connectivity index (χ3n) is 1.18. The van der Waals surface area contributed by atoms with Crippen molar-refractivity contribution < 1.29 is 8.42 Å². The predicted octanol–water partition coefficient (Wildman–Crippen LogP) is 0.502. The van der Waals surface area contributed by atoms with Crippen molar-refractivity contribution in [3.8, 4) is 0 Å². The fourth-order valence-corrected chi connectivity index (χ4v) is 2.43. The maximum Gasteiger partial charge on any atom is 0.147 e. The van der Waals surface area contributed by atoms with E-state index in [-0.39, 0.29) is 6.04 Å². The van der Waals surface area contributed by atoms with E-state index >= 15 is 0 Å². The SMILES string of the molecule is CC(N)CSCCCS(C)(=O)=O. The standard InChI is InChI=1S/C7H17NO2S2/c1-7(8)6-11-4-3-5-12(2,9)10/h7H,3-6,8H2,1-2H3. The highest BCUT2D eigenvalue weighted by atomic mass is 32.2. The highest BCUT2D eigenvalue weighted by molar-refractivity contribution is 7.99. The van der Waals surface area contributed by atoms with Gasteiger partial charge in [0, 0.05) is 18.1 Å². The van der Waals surface area contributed by atoms with E-state index in [2.05, 4.69) is 0 Å². The van der Waals surface area contributed by atoms with Crippen LogP contribution >= 0.6 is 11.8 Å². The summed E-state index contributed by atoms with van der Waals surface area (Å²) in [5, 5.41) is 0. The first-order chi connectivity index (χ1) is 5.42.